The van der Waals surface area contributed by atoms with E-state index in [2.05, 4.69) is 24.3 Å². The van der Waals surface area contributed by atoms with Crippen molar-refractivity contribution in [2.45, 2.75) is 54.6 Å². The van der Waals surface area contributed by atoms with Gasteiger partial charge in [-0.1, -0.05) is 49.6 Å². The fourth-order valence-electron chi connectivity index (χ4n) is 3.96. The minimum Gasteiger partial charge on any atom is -0.274 e. The molecule has 1 aliphatic carbocycles. The topological polar surface area (TPSA) is 37.4 Å². The number of hydrogen-bond acceptors (Lipinski definition) is 3. The van der Waals surface area contributed by atoms with E-state index in [4.69, 9.17) is 0 Å². The second-order valence-corrected chi connectivity index (χ2v) is 8.39. The van der Waals surface area contributed by atoms with Gasteiger partial charge >= 0.3 is 0 Å². The van der Waals surface area contributed by atoms with Crippen molar-refractivity contribution in [2.24, 2.45) is 0 Å². The van der Waals surface area contributed by atoms with Gasteiger partial charge in [0.05, 0.1) is 10.9 Å². The summed E-state index contributed by atoms with van der Waals surface area (Å²) in [6.45, 7) is 0. The Morgan fingerprint density at radius 3 is 2.23 bits per heavy atom. The Hall–Kier alpha value is -2.07. The van der Waals surface area contributed by atoms with Crippen LogP contribution in [0.3, 0.4) is 0 Å². The van der Waals surface area contributed by atoms with Gasteiger partial charge in [0.15, 0.2) is 0 Å². The van der Waals surface area contributed by atoms with Crippen LogP contribution in [0.4, 0.5) is 5.69 Å². The van der Waals surface area contributed by atoms with Crippen molar-refractivity contribution in [2.75, 3.05) is 4.90 Å². The quantitative estimate of drug-likeness (QED) is 0.703. The summed E-state index contributed by atoms with van der Waals surface area (Å²) in [4.78, 5) is 27.4. The standard InChI is InChI=1S/C22H23NO2S/c24-21-15-20(22(25)23(21)18-9-5-2-6-10-18)26-19-13-11-17(12-14-19)16-7-3-1-4-8-16/h2,5-6,9-14,16,20H,1,3-4,7-8,15H2/t20-/m0/s1. The summed E-state index contributed by atoms with van der Waals surface area (Å²) in [7, 11) is 0. The molecule has 0 N–H and O–H groups in total. The van der Waals surface area contributed by atoms with Crippen LogP contribution in [0.5, 0.6) is 0 Å². The molecule has 0 bridgehead atoms. The number of carbonyl (C=O) groups is 2. The van der Waals surface area contributed by atoms with E-state index >= 15 is 0 Å². The minimum absolute atomic E-state index is 0.109. The maximum atomic E-state index is 12.7. The summed E-state index contributed by atoms with van der Waals surface area (Å²) in [6.07, 6.45) is 6.86. The number of nitrogens with zero attached hydrogens (tertiary/aromatic N) is 1. The third kappa shape index (κ3) is 3.56. The zero-order valence-corrected chi connectivity index (χ0v) is 15.6. The molecule has 1 aliphatic heterocycles. The highest BCUT2D eigenvalue weighted by Gasteiger charge is 2.40. The minimum atomic E-state index is -0.330. The zero-order valence-electron chi connectivity index (χ0n) is 14.8. The van der Waals surface area contributed by atoms with Crippen LogP contribution in [0.25, 0.3) is 0 Å². The van der Waals surface area contributed by atoms with Crippen LogP contribution in [-0.4, -0.2) is 17.1 Å². The largest absolute Gasteiger partial charge is 0.274 e. The van der Waals surface area contributed by atoms with E-state index in [1.807, 2.05) is 30.3 Å². The van der Waals surface area contributed by atoms with Crippen LogP contribution in [-0.2, 0) is 9.59 Å². The highest BCUT2D eigenvalue weighted by molar-refractivity contribution is 8.00. The molecule has 134 valence electrons. The van der Waals surface area contributed by atoms with Crippen molar-refractivity contribution >= 4 is 29.3 Å². The Morgan fingerprint density at radius 2 is 1.54 bits per heavy atom. The lowest BCUT2D eigenvalue weighted by Crippen LogP contribution is -2.30. The van der Waals surface area contributed by atoms with Crippen molar-refractivity contribution in [1.29, 1.82) is 0 Å². The van der Waals surface area contributed by atoms with E-state index in [1.54, 1.807) is 0 Å². The molecule has 2 aliphatic rings. The predicted molar refractivity (Wildman–Crippen MR) is 105 cm³/mol. The number of amides is 2. The molecular formula is C22H23NO2S. The van der Waals surface area contributed by atoms with Crippen LogP contribution in [0.2, 0.25) is 0 Å². The molecule has 0 spiro atoms. The van der Waals surface area contributed by atoms with Gasteiger partial charge in [0, 0.05) is 11.3 Å². The molecule has 0 radical (unpaired) electrons. The molecule has 1 saturated carbocycles. The van der Waals surface area contributed by atoms with Crippen LogP contribution < -0.4 is 4.90 Å². The summed E-state index contributed by atoms with van der Waals surface area (Å²) in [5.74, 6) is 0.464. The van der Waals surface area contributed by atoms with Gasteiger partial charge in [-0.15, -0.1) is 11.8 Å². The molecule has 1 atom stereocenters. The first kappa shape index (κ1) is 17.3. The van der Waals surface area contributed by atoms with Crippen LogP contribution in [0.15, 0.2) is 59.5 Å². The Morgan fingerprint density at radius 1 is 0.846 bits per heavy atom. The number of anilines is 1. The van der Waals surface area contributed by atoms with Gasteiger partial charge in [0.25, 0.3) is 0 Å². The summed E-state index contributed by atoms with van der Waals surface area (Å²) < 4.78 is 0. The molecule has 2 amide bonds. The maximum absolute atomic E-state index is 12.7. The normalized spacial score (nSPS) is 21.4. The van der Waals surface area contributed by atoms with Crippen molar-refractivity contribution in [3.8, 4) is 0 Å². The molecule has 26 heavy (non-hydrogen) atoms. The first-order chi connectivity index (χ1) is 12.7. The molecule has 3 nitrogen and oxygen atoms in total. The SMILES string of the molecule is O=C1C[C@H](Sc2ccc(C3CCCCC3)cc2)C(=O)N1c1ccccc1. The Bertz CT molecular complexity index is 782. The molecule has 2 aromatic rings. The molecular weight excluding hydrogens is 342 g/mol. The summed E-state index contributed by atoms with van der Waals surface area (Å²) in [5, 5.41) is -0.330. The second kappa shape index (κ2) is 7.67. The van der Waals surface area contributed by atoms with E-state index in [1.165, 1.54) is 54.3 Å². The average molecular weight is 365 g/mol. The van der Waals surface area contributed by atoms with Gasteiger partial charge in [-0.3, -0.25) is 9.59 Å². The van der Waals surface area contributed by atoms with Crippen LogP contribution >= 0.6 is 11.8 Å². The fraction of sp³-hybridized carbons (Fsp3) is 0.364. The highest BCUT2D eigenvalue weighted by atomic mass is 32.2. The molecule has 1 heterocycles. The van der Waals surface area contributed by atoms with Gasteiger partial charge in [-0.05, 0) is 48.6 Å². The third-order valence-electron chi connectivity index (χ3n) is 5.35. The number of hydrogen-bond donors (Lipinski definition) is 0. The molecule has 0 aromatic heterocycles. The van der Waals surface area contributed by atoms with E-state index in [9.17, 15) is 9.59 Å². The lowest BCUT2D eigenvalue weighted by atomic mass is 9.84. The van der Waals surface area contributed by atoms with E-state index in [-0.39, 0.29) is 23.5 Å². The Balaban J connectivity index is 1.44. The number of para-hydroxylation sites is 1. The molecule has 0 unspecified atom stereocenters. The number of rotatable bonds is 4. The van der Waals surface area contributed by atoms with Crippen molar-refractivity contribution in [3.63, 3.8) is 0 Å². The van der Waals surface area contributed by atoms with Crippen molar-refractivity contribution < 1.29 is 9.59 Å². The first-order valence-corrected chi connectivity index (χ1v) is 10.3. The van der Waals surface area contributed by atoms with E-state index < -0.39 is 0 Å². The molecule has 4 rings (SSSR count). The van der Waals surface area contributed by atoms with Crippen molar-refractivity contribution in [3.05, 3.63) is 60.2 Å². The number of carbonyl (C=O) groups excluding carboxylic acids is 2. The monoisotopic (exact) mass is 365 g/mol. The van der Waals surface area contributed by atoms with Gasteiger partial charge in [0.2, 0.25) is 11.8 Å². The fourth-order valence-corrected chi connectivity index (χ4v) is 5.02. The Kier molecular flexibility index (Phi) is 5.11. The highest BCUT2D eigenvalue weighted by Crippen LogP contribution is 2.36. The summed E-state index contributed by atoms with van der Waals surface area (Å²) in [5.41, 5.74) is 2.08. The maximum Gasteiger partial charge on any atom is 0.247 e. The smallest absolute Gasteiger partial charge is 0.247 e. The van der Waals surface area contributed by atoms with Gasteiger partial charge in [-0.25, -0.2) is 4.90 Å². The molecule has 1 saturated heterocycles. The van der Waals surface area contributed by atoms with Crippen LogP contribution in [0, 0.1) is 0 Å². The van der Waals surface area contributed by atoms with E-state index in [0.29, 0.717) is 11.6 Å². The van der Waals surface area contributed by atoms with Gasteiger partial charge in [0.1, 0.15) is 0 Å². The van der Waals surface area contributed by atoms with E-state index in [0.717, 1.165) is 4.90 Å². The van der Waals surface area contributed by atoms with Gasteiger partial charge < -0.3 is 0 Å². The molecule has 4 heteroatoms. The van der Waals surface area contributed by atoms with Crippen molar-refractivity contribution in [1.82, 2.24) is 0 Å². The summed E-state index contributed by atoms with van der Waals surface area (Å²) in [6, 6.07) is 17.8. The third-order valence-corrected chi connectivity index (χ3v) is 6.55. The number of thioether (sulfide) groups is 1. The molecule has 2 fully saturated rings. The summed E-state index contributed by atoms with van der Waals surface area (Å²) >= 11 is 1.50. The number of benzene rings is 2. The van der Waals surface area contributed by atoms with Gasteiger partial charge in [-0.2, -0.15) is 0 Å². The lowest BCUT2D eigenvalue weighted by molar-refractivity contribution is -0.121. The predicted octanol–water partition coefficient (Wildman–Crippen LogP) is 5.16. The molecule has 2 aromatic carbocycles. The van der Waals surface area contributed by atoms with Crippen LogP contribution in [0.1, 0.15) is 50.0 Å². The first-order valence-electron chi connectivity index (χ1n) is 9.41. The zero-order chi connectivity index (χ0) is 17.9. The Labute approximate surface area is 158 Å². The average Bonchev–Trinajstić information content (AvgIpc) is 2.97. The lowest BCUT2D eigenvalue weighted by Gasteiger charge is -2.22. The second-order valence-electron chi connectivity index (χ2n) is 7.12. The number of imide groups is 1.